The predicted molar refractivity (Wildman–Crippen MR) is 116 cm³/mol. The van der Waals surface area contributed by atoms with Crippen molar-refractivity contribution < 1.29 is 9.84 Å². The highest BCUT2D eigenvalue weighted by Gasteiger charge is 2.24. The van der Waals surface area contributed by atoms with Crippen molar-refractivity contribution >= 4 is 5.69 Å². The Morgan fingerprint density at radius 3 is 2.19 bits per heavy atom. The fourth-order valence-corrected chi connectivity index (χ4v) is 3.70. The van der Waals surface area contributed by atoms with Gasteiger partial charge in [-0.25, -0.2) is 0 Å². The number of rotatable bonds is 8. The minimum atomic E-state index is -0.00994. The second-order valence-corrected chi connectivity index (χ2v) is 8.29. The lowest BCUT2D eigenvalue weighted by molar-refractivity contribution is 0.401. The summed E-state index contributed by atoms with van der Waals surface area (Å²) in [4.78, 5) is 0. The Morgan fingerprint density at radius 2 is 1.63 bits per heavy atom. The van der Waals surface area contributed by atoms with Gasteiger partial charge in [0.2, 0.25) is 0 Å². The van der Waals surface area contributed by atoms with Crippen LogP contribution in [-0.2, 0) is 5.41 Å². The zero-order valence-electron chi connectivity index (χ0n) is 17.8. The van der Waals surface area contributed by atoms with Crippen LogP contribution < -0.4 is 10.5 Å². The van der Waals surface area contributed by atoms with Gasteiger partial charge in [-0.15, -0.1) is 0 Å². The van der Waals surface area contributed by atoms with E-state index in [0.717, 1.165) is 39.9 Å². The molecule has 0 aliphatic heterocycles. The zero-order valence-corrected chi connectivity index (χ0v) is 17.8. The highest BCUT2D eigenvalue weighted by atomic mass is 16.5. The molecule has 0 spiro atoms. The van der Waals surface area contributed by atoms with Crippen molar-refractivity contribution in [1.29, 1.82) is 0 Å². The smallest absolute Gasteiger partial charge is 0.130 e. The molecule has 3 heteroatoms. The predicted octanol–water partition coefficient (Wildman–Crippen LogP) is 6.51. The summed E-state index contributed by atoms with van der Waals surface area (Å²) >= 11 is 0. The van der Waals surface area contributed by atoms with Crippen LogP contribution in [0.5, 0.6) is 11.5 Å². The molecule has 0 heterocycles. The van der Waals surface area contributed by atoms with Crippen molar-refractivity contribution in [2.45, 2.75) is 72.1 Å². The molecule has 0 unspecified atom stereocenters. The molecule has 0 atom stereocenters. The molecule has 0 aromatic heterocycles. The lowest BCUT2D eigenvalue weighted by Gasteiger charge is -2.27. The number of phenols is 1. The molecule has 2 rings (SSSR count). The van der Waals surface area contributed by atoms with Gasteiger partial charge in [-0.3, -0.25) is 0 Å². The number of anilines is 1. The summed E-state index contributed by atoms with van der Waals surface area (Å²) in [5.41, 5.74) is 11.7. The van der Waals surface area contributed by atoms with E-state index in [1.165, 1.54) is 25.7 Å². The molecule has 3 nitrogen and oxygen atoms in total. The van der Waals surface area contributed by atoms with Gasteiger partial charge < -0.3 is 15.6 Å². The van der Waals surface area contributed by atoms with Crippen LogP contribution >= 0.6 is 0 Å². The molecule has 27 heavy (non-hydrogen) atoms. The largest absolute Gasteiger partial charge is 0.507 e. The van der Waals surface area contributed by atoms with E-state index in [2.05, 4.69) is 26.8 Å². The number of benzene rings is 2. The third kappa shape index (κ3) is 4.77. The quantitative estimate of drug-likeness (QED) is 0.411. The molecule has 0 bridgehead atoms. The van der Waals surface area contributed by atoms with E-state index in [1.807, 2.05) is 32.0 Å². The van der Waals surface area contributed by atoms with E-state index >= 15 is 0 Å². The second-order valence-electron chi connectivity index (χ2n) is 8.29. The number of hydrogen-bond donors (Lipinski definition) is 2. The van der Waals surface area contributed by atoms with Crippen LogP contribution in [0.3, 0.4) is 0 Å². The van der Waals surface area contributed by atoms with E-state index in [0.29, 0.717) is 5.75 Å². The third-order valence-corrected chi connectivity index (χ3v) is 5.62. The van der Waals surface area contributed by atoms with Crippen LogP contribution in [0.4, 0.5) is 5.69 Å². The first-order valence-electron chi connectivity index (χ1n) is 9.99. The first-order valence-corrected chi connectivity index (χ1v) is 9.99. The van der Waals surface area contributed by atoms with E-state index in [9.17, 15) is 5.11 Å². The summed E-state index contributed by atoms with van der Waals surface area (Å²) in [5, 5.41) is 10.9. The second kappa shape index (κ2) is 8.69. The Bertz CT molecular complexity index is 770. The molecule has 0 fully saturated rings. The molecule has 0 radical (unpaired) electrons. The average molecular weight is 370 g/mol. The van der Waals surface area contributed by atoms with Crippen LogP contribution in [0.1, 0.15) is 69.6 Å². The van der Waals surface area contributed by atoms with Crippen molar-refractivity contribution in [2.24, 2.45) is 0 Å². The van der Waals surface area contributed by atoms with Crippen molar-refractivity contribution in [3.05, 3.63) is 41.0 Å². The Morgan fingerprint density at radius 1 is 1.00 bits per heavy atom. The highest BCUT2D eigenvalue weighted by Crippen LogP contribution is 2.43. The Hall–Kier alpha value is -2.16. The van der Waals surface area contributed by atoms with E-state index < -0.39 is 0 Å². The van der Waals surface area contributed by atoms with Crippen LogP contribution in [0.15, 0.2) is 24.3 Å². The molecular formula is C24H35NO2. The molecule has 148 valence electrons. The number of aromatic hydroxyl groups is 1. The zero-order chi connectivity index (χ0) is 20.2. The van der Waals surface area contributed by atoms with Crippen LogP contribution in [0.2, 0.25) is 0 Å². The van der Waals surface area contributed by atoms with E-state index in [-0.39, 0.29) is 11.2 Å². The molecule has 0 saturated heterocycles. The third-order valence-electron chi connectivity index (χ3n) is 5.62. The molecule has 0 saturated carbocycles. The topological polar surface area (TPSA) is 55.5 Å². The lowest BCUT2D eigenvalue weighted by Crippen LogP contribution is -2.17. The standard InChI is InChI=1S/C24H35NO2/c1-7-8-9-10-11-24(4,5)19-14-20(26)22(21(15-19)27-6)18-12-16(2)23(25)17(3)13-18/h12-15,26H,7-11,25H2,1-6H3. The summed E-state index contributed by atoms with van der Waals surface area (Å²) in [5.74, 6) is 0.963. The normalized spacial score (nSPS) is 11.6. The SMILES string of the molecule is CCCCCCC(C)(C)c1cc(O)c(-c2cc(C)c(N)c(C)c2)c(OC)c1. The van der Waals surface area contributed by atoms with Crippen molar-refractivity contribution in [2.75, 3.05) is 12.8 Å². The molecule has 0 aliphatic carbocycles. The number of nitrogens with two attached hydrogens (primary N) is 1. The molecule has 3 N–H and O–H groups in total. The van der Waals surface area contributed by atoms with Crippen molar-refractivity contribution in [3.8, 4) is 22.6 Å². The van der Waals surface area contributed by atoms with Gasteiger partial charge in [0.25, 0.3) is 0 Å². The number of unbranched alkanes of at least 4 members (excludes halogenated alkanes) is 3. The first kappa shape index (κ1) is 21.1. The van der Waals surface area contributed by atoms with Gasteiger partial charge >= 0.3 is 0 Å². The summed E-state index contributed by atoms with van der Waals surface area (Å²) in [6.45, 7) is 10.7. The molecule has 2 aromatic rings. The van der Waals surface area contributed by atoms with Crippen LogP contribution in [0, 0.1) is 13.8 Å². The number of methoxy groups -OCH3 is 1. The van der Waals surface area contributed by atoms with Crippen molar-refractivity contribution in [1.82, 2.24) is 0 Å². The monoisotopic (exact) mass is 369 g/mol. The molecule has 2 aromatic carbocycles. The molecule has 0 aliphatic rings. The molecule has 0 amide bonds. The number of hydrogen-bond acceptors (Lipinski definition) is 3. The fourth-order valence-electron chi connectivity index (χ4n) is 3.70. The summed E-state index contributed by atoms with van der Waals surface area (Å²) in [7, 11) is 1.66. The maximum atomic E-state index is 10.9. The van der Waals surface area contributed by atoms with Gasteiger partial charge in [0.05, 0.1) is 12.7 Å². The Labute approximate surface area is 164 Å². The summed E-state index contributed by atoms with van der Waals surface area (Å²) < 4.78 is 5.68. The van der Waals surface area contributed by atoms with E-state index in [1.54, 1.807) is 7.11 Å². The van der Waals surface area contributed by atoms with Crippen molar-refractivity contribution in [3.63, 3.8) is 0 Å². The molecular weight excluding hydrogens is 334 g/mol. The van der Waals surface area contributed by atoms with Gasteiger partial charge in [0.1, 0.15) is 11.5 Å². The first-order chi connectivity index (χ1) is 12.7. The van der Waals surface area contributed by atoms with Gasteiger partial charge in [0, 0.05) is 5.69 Å². The Kier molecular flexibility index (Phi) is 6.80. The van der Waals surface area contributed by atoms with Crippen LogP contribution in [-0.4, -0.2) is 12.2 Å². The van der Waals surface area contributed by atoms with Crippen LogP contribution in [0.25, 0.3) is 11.1 Å². The average Bonchev–Trinajstić information content (AvgIpc) is 2.62. The minimum Gasteiger partial charge on any atom is -0.507 e. The van der Waals surface area contributed by atoms with Gasteiger partial charge in [-0.05, 0) is 72.2 Å². The maximum absolute atomic E-state index is 10.9. The Balaban J connectivity index is 2.43. The van der Waals surface area contributed by atoms with Gasteiger partial charge in [-0.2, -0.15) is 0 Å². The van der Waals surface area contributed by atoms with Gasteiger partial charge in [-0.1, -0.05) is 46.5 Å². The maximum Gasteiger partial charge on any atom is 0.130 e. The number of phenolic OH excluding ortho intramolecular Hbond substituents is 1. The van der Waals surface area contributed by atoms with E-state index in [4.69, 9.17) is 10.5 Å². The highest BCUT2D eigenvalue weighted by molar-refractivity contribution is 5.80. The van der Waals surface area contributed by atoms with Gasteiger partial charge in [0.15, 0.2) is 0 Å². The number of nitrogen functional groups attached to an aromatic ring is 1. The summed E-state index contributed by atoms with van der Waals surface area (Å²) in [6.07, 6.45) is 6.06. The summed E-state index contributed by atoms with van der Waals surface area (Å²) in [6, 6.07) is 8.00. The minimum absolute atomic E-state index is 0.00994. The fraction of sp³-hybridized carbons (Fsp3) is 0.500. The number of ether oxygens (including phenoxy) is 1. The number of aryl methyl sites for hydroxylation is 2. The lowest BCUT2D eigenvalue weighted by atomic mass is 9.79.